The summed E-state index contributed by atoms with van der Waals surface area (Å²) in [5, 5.41) is -2.22. The van der Waals surface area contributed by atoms with E-state index in [0.29, 0.717) is 13.0 Å². The van der Waals surface area contributed by atoms with Gasteiger partial charge in [0, 0.05) is 7.11 Å². The van der Waals surface area contributed by atoms with Crippen molar-refractivity contribution in [2.75, 3.05) is 13.7 Å². The van der Waals surface area contributed by atoms with E-state index in [4.69, 9.17) is 16.3 Å². The second-order valence-electron chi connectivity index (χ2n) is 4.45. The van der Waals surface area contributed by atoms with Crippen molar-refractivity contribution in [1.29, 1.82) is 0 Å². The fourth-order valence-corrected chi connectivity index (χ4v) is 2.23. The summed E-state index contributed by atoms with van der Waals surface area (Å²) < 4.78 is 80.3. The van der Waals surface area contributed by atoms with Crippen LogP contribution in [0.25, 0.3) is 0 Å². The molecule has 8 heteroatoms. The van der Waals surface area contributed by atoms with Crippen LogP contribution in [0.1, 0.15) is 16.5 Å². The highest BCUT2D eigenvalue weighted by Crippen LogP contribution is 2.49. The van der Waals surface area contributed by atoms with Crippen LogP contribution in [-0.4, -0.2) is 26.1 Å². The fraction of sp³-hybridized carbons (Fsp3) is 0.538. The van der Waals surface area contributed by atoms with Crippen LogP contribution in [0.15, 0.2) is 24.3 Å². The van der Waals surface area contributed by atoms with Gasteiger partial charge in [-0.15, -0.1) is 11.6 Å². The number of rotatable bonds is 5. The quantitative estimate of drug-likeness (QED) is 0.550. The van der Waals surface area contributed by atoms with Gasteiger partial charge in [0.1, 0.15) is 0 Å². The van der Waals surface area contributed by atoms with E-state index in [2.05, 4.69) is 0 Å². The molecule has 0 spiro atoms. The predicted octanol–water partition coefficient (Wildman–Crippen LogP) is 4.90. The van der Waals surface area contributed by atoms with Crippen LogP contribution in [0.5, 0.6) is 0 Å². The first-order valence-electron chi connectivity index (χ1n) is 5.92. The maximum Gasteiger partial charge on any atom is 0.402 e. The first-order valence-corrected chi connectivity index (χ1v) is 6.36. The highest BCUT2D eigenvalue weighted by atomic mass is 35.5. The first kappa shape index (κ1) is 18.1. The summed E-state index contributed by atoms with van der Waals surface area (Å²) in [6.45, 7) is 0.400. The standard InChI is InChI=1S/C13H13ClF6O/c1-21-7-6-8-2-4-9(5-3-8)10(14)11(12(15,16)17)13(18,19)20/h2-5,10-11H,6-7H2,1H3. The van der Waals surface area contributed by atoms with E-state index in [9.17, 15) is 26.3 Å². The molecular weight excluding hydrogens is 322 g/mol. The molecule has 0 bridgehead atoms. The molecule has 0 amide bonds. The SMILES string of the molecule is COCCc1ccc(C(Cl)C(C(F)(F)F)C(F)(F)F)cc1. The van der Waals surface area contributed by atoms with E-state index < -0.39 is 23.6 Å². The van der Waals surface area contributed by atoms with Crippen molar-refractivity contribution in [2.24, 2.45) is 5.92 Å². The Balaban J connectivity index is 2.97. The molecule has 0 aliphatic carbocycles. The van der Waals surface area contributed by atoms with Gasteiger partial charge in [-0.1, -0.05) is 24.3 Å². The van der Waals surface area contributed by atoms with Crippen LogP contribution in [-0.2, 0) is 11.2 Å². The summed E-state index contributed by atoms with van der Waals surface area (Å²) in [5.41, 5.74) is 0.512. The average molecular weight is 335 g/mol. The number of ether oxygens (including phenoxy) is 1. The average Bonchev–Trinajstić information content (AvgIpc) is 2.33. The van der Waals surface area contributed by atoms with E-state index in [-0.39, 0.29) is 5.56 Å². The molecule has 0 aromatic heterocycles. The third-order valence-electron chi connectivity index (χ3n) is 2.89. The molecule has 0 heterocycles. The topological polar surface area (TPSA) is 9.23 Å². The van der Waals surface area contributed by atoms with Crippen LogP contribution < -0.4 is 0 Å². The number of benzene rings is 1. The summed E-state index contributed by atoms with van der Waals surface area (Å²) >= 11 is 5.43. The molecule has 1 nitrogen and oxygen atoms in total. The lowest BCUT2D eigenvalue weighted by molar-refractivity contribution is -0.284. The summed E-state index contributed by atoms with van der Waals surface area (Å²) in [5.74, 6) is -3.60. The number of hydrogen-bond donors (Lipinski definition) is 0. The van der Waals surface area contributed by atoms with E-state index >= 15 is 0 Å². The number of methoxy groups -OCH3 is 1. The Morgan fingerprint density at radius 2 is 1.48 bits per heavy atom. The van der Waals surface area contributed by atoms with Crippen LogP contribution >= 0.6 is 11.6 Å². The molecule has 0 saturated heterocycles. The third-order valence-corrected chi connectivity index (χ3v) is 3.39. The molecule has 21 heavy (non-hydrogen) atoms. The van der Waals surface area contributed by atoms with Gasteiger partial charge in [0.05, 0.1) is 12.0 Å². The predicted molar refractivity (Wildman–Crippen MR) is 66.2 cm³/mol. The van der Waals surface area contributed by atoms with Crippen molar-refractivity contribution in [3.05, 3.63) is 35.4 Å². The molecule has 0 fully saturated rings. The van der Waals surface area contributed by atoms with Gasteiger partial charge in [0.15, 0.2) is 5.92 Å². The maximum atomic E-state index is 12.6. The molecule has 1 aromatic carbocycles. The minimum absolute atomic E-state index is 0.225. The monoisotopic (exact) mass is 334 g/mol. The zero-order valence-corrected chi connectivity index (χ0v) is 11.7. The van der Waals surface area contributed by atoms with Crippen LogP contribution in [0.4, 0.5) is 26.3 Å². The van der Waals surface area contributed by atoms with Gasteiger partial charge in [-0.2, -0.15) is 26.3 Å². The molecular formula is C13H13ClF6O. The number of hydrogen-bond acceptors (Lipinski definition) is 1. The molecule has 0 aliphatic rings. The van der Waals surface area contributed by atoms with Gasteiger partial charge in [-0.25, -0.2) is 0 Å². The highest BCUT2D eigenvalue weighted by molar-refractivity contribution is 6.21. The normalized spacial score (nSPS) is 14.5. The van der Waals surface area contributed by atoms with Crippen molar-refractivity contribution in [3.63, 3.8) is 0 Å². The van der Waals surface area contributed by atoms with Gasteiger partial charge in [-0.05, 0) is 17.5 Å². The molecule has 1 unspecified atom stereocenters. The maximum absolute atomic E-state index is 12.6. The van der Waals surface area contributed by atoms with Gasteiger partial charge in [0.25, 0.3) is 0 Å². The third kappa shape index (κ3) is 5.07. The van der Waals surface area contributed by atoms with Gasteiger partial charge in [0.2, 0.25) is 0 Å². The Morgan fingerprint density at radius 1 is 1.00 bits per heavy atom. The van der Waals surface area contributed by atoms with Crippen LogP contribution in [0.3, 0.4) is 0 Å². The van der Waals surface area contributed by atoms with Crippen molar-refractivity contribution in [1.82, 2.24) is 0 Å². The van der Waals surface area contributed by atoms with Gasteiger partial charge >= 0.3 is 12.4 Å². The Kier molecular flexibility index (Phi) is 5.92. The Labute approximate surface area is 122 Å². The van der Waals surface area contributed by atoms with Crippen LogP contribution in [0.2, 0.25) is 0 Å². The molecule has 0 saturated carbocycles. The van der Waals surface area contributed by atoms with Crippen molar-refractivity contribution < 1.29 is 31.1 Å². The van der Waals surface area contributed by atoms with E-state index in [1.165, 1.54) is 31.4 Å². The largest absolute Gasteiger partial charge is 0.402 e. The lowest BCUT2D eigenvalue weighted by atomic mass is 9.96. The molecule has 0 aliphatic heterocycles. The summed E-state index contributed by atoms with van der Waals surface area (Å²) in [6.07, 6.45) is -10.4. The van der Waals surface area contributed by atoms with E-state index in [1.54, 1.807) is 0 Å². The zero-order chi connectivity index (χ0) is 16.3. The molecule has 0 radical (unpaired) electrons. The Morgan fingerprint density at radius 3 is 1.86 bits per heavy atom. The second-order valence-corrected chi connectivity index (χ2v) is 4.92. The minimum Gasteiger partial charge on any atom is -0.384 e. The lowest BCUT2D eigenvalue weighted by Crippen LogP contribution is -2.39. The second kappa shape index (κ2) is 6.87. The zero-order valence-electron chi connectivity index (χ0n) is 10.9. The minimum atomic E-state index is -5.46. The van der Waals surface area contributed by atoms with Gasteiger partial charge < -0.3 is 4.74 Å². The lowest BCUT2D eigenvalue weighted by Gasteiger charge is -2.27. The number of halogens is 7. The molecule has 1 rings (SSSR count). The molecule has 1 aromatic rings. The van der Waals surface area contributed by atoms with Crippen LogP contribution in [0, 0.1) is 5.92 Å². The molecule has 1 atom stereocenters. The van der Waals surface area contributed by atoms with Gasteiger partial charge in [-0.3, -0.25) is 0 Å². The first-order chi connectivity index (χ1) is 9.57. The van der Waals surface area contributed by atoms with Crippen molar-refractivity contribution in [3.8, 4) is 0 Å². The highest BCUT2D eigenvalue weighted by Gasteiger charge is 2.60. The summed E-state index contributed by atoms with van der Waals surface area (Å²) in [7, 11) is 1.49. The Hall–Kier alpha value is -0.950. The molecule has 120 valence electrons. The van der Waals surface area contributed by atoms with Crippen molar-refractivity contribution >= 4 is 11.6 Å². The summed E-state index contributed by atoms with van der Waals surface area (Å²) in [4.78, 5) is 0. The smallest absolute Gasteiger partial charge is 0.384 e. The summed E-state index contributed by atoms with van der Waals surface area (Å²) in [6, 6.07) is 5.22. The van der Waals surface area contributed by atoms with E-state index in [1.807, 2.05) is 0 Å². The van der Waals surface area contributed by atoms with E-state index in [0.717, 1.165) is 5.56 Å². The fourth-order valence-electron chi connectivity index (χ4n) is 1.80. The number of alkyl halides is 7. The molecule has 0 N–H and O–H groups in total. The Bertz CT molecular complexity index is 425. The van der Waals surface area contributed by atoms with Crippen molar-refractivity contribution in [2.45, 2.75) is 24.2 Å².